The van der Waals surface area contributed by atoms with Crippen molar-refractivity contribution < 1.29 is 18.7 Å². The summed E-state index contributed by atoms with van der Waals surface area (Å²) >= 11 is 6.53. The van der Waals surface area contributed by atoms with E-state index in [1.165, 1.54) is 35.7 Å². The molecule has 0 bridgehead atoms. The van der Waals surface area contributed by atoms with Crippen LogP contribution in [0.15, 0.2) is 30.5 Å². The number of likely N-dealkylation sites (N-methyl/N-ethyl adjacent to an activating group) is 1. The monoisotopic (exact) mass is 553 g/mol. The lowest BCUT2D eigenvalue weighted by Crippen LogP contribution is -2.35. The third-order valence-corrected chi connectivity index (χ3v) is 8.61. The Balaban J connectivity index is 1.36. The number of anilines is 4. The number of nitrogens with zero attached hydrogens (tertiary/aromatic N) is 4. The molecular weight excluding hydrogens is 524 g/mol. The van der Waals surface area contributed by atoms with E-state index >= 15 is 0 Å². The first-order valence-electron chi connectivity index (χ1n) is 13.3. The predicted octanol–water partition coefficient (Wildman–Crippen LogP) is 6.29. The zero-order chi connectivity index (χ0) is 27.5. The minimum absolute atomic E-state index is 0.144. The molecule has 3 heterocycles. The van der Waals surface area contributed by atoms with Gasteiger partial charge in [-0.1, -0.05) is 25.4 Å². The summed E-state index contributed by atoms with van der Waals surface area (Å²) in [6.45, 7) is 7.08. The molecule has 3 aromatic rings. The van der Waals surface area contributed by atoms with Crippen LogP contribution in [0.4, 0.5) is 31.9 Å². The van der Waals surface area contributed by atoms with Gasteiger partial charge in [0.05, 0.1) is 12.6 Å². The lowest BCUT2D eigenvalue weighted by Gasteiger charge is -2.38. The average molecular weight is 554 g/mol. The van der Waals surface area contributed by atoms with Gasteiger partial charge < -0.3 is 15.3 Å². The Kier molecular flexibility index (Phi) is 6.46. The average Bonchev–Trinajstić information content (AvgIpc) is 3.15. The van der Waals surface area contributed by atoms with E-state index < -0.39 is 23.0 Å². The molecule has 7 nitrogen and oxygen atoms in total. The molecular formula is C29H30ClF2N5O2. The van der Waals surface area contributed by atoms with Crippen LogP contribution in [0.25, 0.3) is 0 Å². The molecule has 3 aliphatic rings. The second-order valence-corrected chi connectivity index (χ2v) is 11.5. The fourth-order valence-corrected chi connectivity index (χ4v) is 6.80. The summed E-state index contributed by atoms with van der Waals surface area (Å²) in [5.74, 6) is -1.90. The van der Waals surface area contributed by atoms with Crippen molar-refractivity contribution >= 4 is 40.7 Å². The Morgan fingerprint density at radius 2 is 2.00 bits per heavy atom. The zero-order valence-electron chi connectivity index (χ0n) is 21.9. The van der Waals surface area contributed by atoms with E-state index in [0.717, 1.165) is 43.9 Å². The third kappa shape index (κ3) is 4.61. The molecule has 2 atom stereocenters. The van der Waals surface area contributed by atoms with E-state index in [9.17, 15) is 18.7 Å². The first kappa shape index (κ1) is 26.0. The number of aryl methyl sites for hydroxylation is 1. The number of carboxylic acid groups (broad SMARTS) is 1. The van der Waals surface area contributed by atoms with E-state index in [2.05, 4.69) is 39.2 Å². The summed E-state index contributed by atoms with van der Waals surface area (Å²) in [6, 6.07) is 6.50. The second-order valence-electron chi connectivity index (χ2n) is 11.1. The van der Waals surface area contributed by atoms with Crippen LogP contribution in [0.5, 0.6) is 0 Å². The molecule has 0 radical (unpaired) electrons. The molecule has 1 aromatic heterocycles. The van der Waals surface area contributed by atoms with Crippen molar-refractivity contribution in [3.8, 4) is 0 Å². The van der Waals surface area contributed by atoms with E-state index in [1.807, 2.05) is 0 Å². The smallest absolute Gasteiger partial charge is 0.304 e. The molecule has 6 rings (SSSR count). The van der Waals surface area contributed by atoms with Gasteiger partial charge in [-0.3, -0.25) is 9.69 Å². The topological polar surface area (TPSA) is 81.6 Å². The third-order valence-electron chi connectivity index (χ3n) is 8.34. The van der Waals surface area contributed by atoms with E-state index in [-0.39, 0.29) is 18.0 Å². The van der Waals surface area contributed by atoms with Crippen molar-refractivity contribution in [2.45, 2.75) is 57.4 Å². The molecule has 0 spiro atoms. The molecule has 0 saturated carbocycles. The number of aliphatic carboxylic acids is 1. The second kappa shape index (κ2) is 9.71. The van der Waals surface area contributed by atoms with Crippen molar-refractivity contribution in [3.05, 3.63) is 69.4 Å². The number of carbonyl (C=O) groups is 1. The maximum Gasteiger partial charge on any atom is 0.304 e. The van der Waals surface area contributed by atoms with Crippen molar-refractivity contribution in [3.63, 3.8) is 0 Å². The number of hydrogen-bond acceptors (Lipinski definition) is 6. The van der Waals surface area contributed by atoms with Crippen LogP contribution in [0.3, 0.4) is 0 Å². The van der Waals surface area contributed by atoms with Crippen molar-refractivity contribution in [2.75, 3.05) is 29.9 Å². The minimum Gasteiger partial charge on any atom is -0.481 e. The maximum absolute atomic E-state index is 14.3. The fraction of sp³-hybridized carbons (Fsp3) is 0.414. The van der Waals surface area contributed by atoms with Crippen LogP contribution in [0.1, 0.15) is 61.3 Å². The Hall–Kier alpha value is -3.30. The van der Waals surface area contributed by atoms with Crippen LogP contribution in [-0.4, -0.2) is 45.6 Å². The van der Waals surface area contributed by atoms with Crippen LogP contribution in [0.2, 0.25) is 5.02 Å². The zero-order valence-corrected chi connectivity index (χ0v) is 22.7. The summed E-state index contributed by atoms with van der Waals surface area (Å²) in [5.41, 5.74) is 4.85. The minimum atomic E-state index is -1.04. The van der Waals surface area contributed by atoms with Crippen LogP contribution >= 0.6 is 11.6 Å². The molecule has 2 unspecified atom stereocenters. The Labute approximate surface area is 230 Å². The van der Waals surface area contributed by atoms with Gasteiger partial charge in [0.15, 0.2) is 17.5 Å². The van der Waals surface area contributed by atoms with E-state index in [1.54, 1.807) is 11.8 Å². The highest BCUT2D eigenvalue weighted by Crippen LogP contribution is 2.48. The summed E-state index contributed by atoms with van der Waals surface area (Å²) in [5, 5.41) is 13.1. The summed E-state index contributed by atoms with van der Waals surface area (Å²) in [6.07, 6.45) is 4.64. The van der Waals surface area contributed by atoms with Gasteiger partial charge in [-0.25, -0.2) is 13.8 Å². The number of aromatic nitrogens is 2. The predicted molar refractivity (Wildman–Crippen MR) is 146 cm³/mol. The quantitative estimate of drug-likeness (QED) is 0.371. The first-order chi connectivity index (χ1) is 18.6. The highest BCUT2D eigenvalue weighted by molar-refractivity contribution is 6.33. The van der Waals surface area contributed by atoms with Crippen molar-refractivity contribution in [2.24, 2.45) is 0 Å². The van der Waals surface area contributed by atoms with Gasteiger partial charge in [-0.2, -0.15) is 4.98 Å². The first-order valence-corrected chi connectivity index (χ1v) is 13.7. The highest BCUT2D eigenvalue weighted by atomic mass is 35.5. The molecule has 10 heteroatoms. The number of rotatable bonds is 6. The van der Waals surface area contributed by atoms with Gasteiger partial charge in [0.2, 0.25) is 5.95 Å². The molecule has 204 valence electrons. The molecule has 0 amide bonds. The van der Waals surface area contributed by atoms with Crippen LogP contribution in [-0.2, 0) is 23.2 Å². The number of halogens is 3. The molecule has 0 fully saturated rings. The number of fused-ring (bicyclic) bond motifs is 1. The standard InChI is InChI=1S/C29H30ClF2N5O2/c1-3-36-13-17-6-4-5-16-7-19(8-18(14-36)26(16)17)34-28-33-12-21(30)27(35-28)37-15-29(2,11-25(38)39)20-9-22(31)23(32)10-24(20)37/h7-10,12,17H,3-6,11,13-15H2,1-2H3,(H,38,39)(H,33,34,35). The van der Waals surface area contributed by atoms with Gasteiger partial charge in [0.1, 0.15) is 5.02 Å². The lowest BCUT2D eigenvalue weighted by atomic mass is 9.77. The van der Waals surface area contributed by atoms with E-state index in [0.29, 0.717) is 28.9 Å². The fourth-order valence-electron chi connectivity index (χ4n) is 6.61. The van der Waals surface area contributed by atoms with Crippen LogP contribution < -0.4 is 10.2 Å². The molecule has 39 heavy (non-hydrogen) atoms. The highest BCUT2D eigenvalue weighted by Gasteiger charge is 2.43. The SMILES string of the molecule is CCN1Cc2cc(Nc3ncc(Cl)c(N4CC(C)(CC(=O)O)c5cc(F)c(F)cc54)n3)cc3c2C(CCC3)C1. The van der Waals surface area contributed by atoms with Crippen LogP contribution in [0, 0.1) is 11.6 Å². The van der Waals surface area contributed by atoms with Gasteiger partial charge in [0.25, 0.3) is 0 Å². The number of carboxylic acids is 1. The largest absolute Gasteiger partial charge is 0.481 e. The Bertz CT molecular complexity index is 1480. The summed E-state index contributed by atoms with van der Waals surface area (Å²) in [4.78, 5) is 24.8. The Morgan fingerprint density at radius 1 is 1.23 bits per heavy atom. The number of nitrogens with one attached hydrogen (secondary N) is 1. The van der Waals surface area contributed by atoms with Gasteiger partial charge in [0, 0.05) is 42.5 Å². The van der Waals surface area contributed by atoms with E-state index in [4.69, 9.17) is 11.6 Å². The van der Waals surface area contributed by atoms with Gasteiger partial charge in [-0.15, -0.1) is 0 Å². The molecule has 1 aliphatic carbocycles. The number of benzene rings is 2. The molecule has 2 aliphatic heterocycles. The normalized spacial score (nSPS) is 22.0. The van der Waals surface area contributed by atoms with Gasteiger partial charge >= 0.3 is 5.97 Å². The summed E-state index contributed by atoms with van der Waals surface area (Å²) in [7, 11) is 0. The van der Waals surface area contributed by atoms with Gasteiger partial charge in [-0.05, 0) is 72.2 Å². The van der Waals surface area contributed by atoms with Crippen molar-refractivity contribution in [1.82, 2.24) is 14.9 Å². The maximum atomic E-state index is 14.3. The summed E-state index contributed by atoms with van der Waals surface area (Å²) < 4.78 is 28.6. The number of hydrogen-bond donors (Lipinski definition) is 2. The molecule has 2 aromatic carbocycles. The molecule has 0 saturated heterocycles. The van der Waals surface area contributed by atoms with Crippen molar-refractivity contribution in [1.29, 1.82) is 0 Å². The Morgan fingerprint density at radius 3 is 2.77 bits per heavy atom. The lowest BCUT2D eigenvalue weighted by molar-refractivity contribution is -0.138. The molecule has 2 N–H and O–H groups in total.